The Morgan fingerprint density at radius 3 is 2.27 bits per heavy atom. The largest absolute Gasteiger partial charge is 0.510 e. The second kappa shape index (κ2) is 11.0. The molecular weight excluding hydrogens is 576 g/mol. The number of aliphatic hydroxyl groups excluding tert-OH is 2. The fourth-order valence-corrected chi connectivity index (χ4v) is 7.91. The summed E-state index contributed by atoms with van der Waals surface area (Å²) in [5, 5.41) is 46.2. The molecule has 0 saturated carbocycles. The van der Waals surface area contributed by atoms with Crippen molar-refractivity contribution in [3.63, 3.8) is 0 Å². The number of nitrogens with zero attached hydrogens (tertiary/aromatic N) is 3. The van der Waals surface area contributed by atoms with E-state index in [4.69, 9.17) is 5.73 Å². The van der Waals surface area contributed by atoms with Gasteiger partial charge in [-0.25, -0.2) is 0 Å². The van der Waals surface area contributed by atoms with E-state index in [0.29, 0.717) is 22.4 Å². The number of carbonyl (C=O) groups is 3. The Bertz CT molecular complexity index is 1670. The molecule has 0 bridgehead atoms. The number of aliphatic hydroxyl groups is 3. The van der Waals surface area contributed by atoms with Crippen LogP contribution in [-0.4, -0.2) is 101 Å². The molecule has 4 aliphatic rings. The maximum absolute atomic E-state index is 14.3. The Morgan fingerprint density at radius 2 is 1.69 bits per heavy atom. The number of phenolic OH excluding ortho intramolecular Hbond substituents is 1. The van der Waals surface area contributed by atoms with Crippen LogP contribution in [0.15, 0.2) is 53.0 Å². The second-order valence-corrected chi connectivity index (χ2v) is 13.2. The molecule has 1 saturated heterocycles. The second-order valence-electron chi connectivity index (χ2n) is 13.2. The van der Waals surface area contributed by atoms with Gasteiger partial charge in [0.1, 0.15) is 22.8 Å². The van der Waals surface area contributed by atoms with E-state index in [1.54, 1.807) is 14.1 Å². The van der Waals surface area contributed by atoms with Gasteiger partial charge in [-0.3, -0.25) is 24.2 Å². The molecule has 0 radical (unpaired) electrons. The van der Waals surface area contributed by atoms with E-state index in [9.17, 15) is 34.8 Å². The number of ketones is 2. The highest BCUT2D eigenvalue weighted by Crippen LogP contribution is 2.54. The molecule has 1 amide bonds. The number of hydrogen-bond acceptors (Lipinski definition) is 10. The van der Waals surface area contributed by atoms with Gasteiger partial charge < -0.3 is 31.1 Å². The van der Waals surface area contributed by atoms with Crippen LogP contribution >= 0.6 is 0 Å². The highest BCUT2D eigenvalue weighted by atomic mass is 16.3. The molecule has 3 aliphatic carbocycles. The molecule has 45 heavy (non-hydrogen) atoms. The van der Waals surface area contributed by atoms with Gasteiger partial charge in [0.2, 0.25) is 5.78 Å². The zero-order valence-electron chi connectivity index (χ0n) is 26.0. The number of aromatic hydroxyl groups is 1. The fourth-order valence-electron chi connectivity index (χ4n) is 7.91. The number of allylic oxidation sites excluding steroid dienone is 1. The summed E-state index contributed by atoms with van der Waals surface area (Å²) < 4.78 is 0. The van der Waals surface area contributed by atoms with Crippen molar-refractivity contribution in [3.05, 3.63) is 69.7 Å². The van der Waals surface area contributed by atoms with Crippen molar-refractivity contribution in [2.24, 2.45) is 17.6 Å². The average molecular weight is 617 g/mol. The van der Waals surface area contributed by atoms with Crippen molar-refractivity contribution < 1.29 is 34.8 Å². The van der Waals surface area contributed by atoms with Crippen LogP contribution in [0.2, 0.25) is 0 Å². The molecule has 11 nitrogen and oxygen atoms in total. The summed E-state index contributed by atoms with van der Waals surface area (Å²) in [6.45, 7) is 2.99. The van der Waals surface area contributed by atoms with E-state index < -0.39 is 58.0 Å². The number of phenols is 1. The molecule has 1 fully saturated rings. The van der Waals surface area contributed by atoms with E-state index >= 15 is 0 Å². The maximum Gasteiger partial charge on any atom is 0.255 e. The van der Waals surface area contributed by atoms with Crippen molar-refractivity contribution in [1.82, 2.24) is 9.80 Å². The zero-order chi connectivity index (χ0) is 32.5. The van der Waals surface area contributed by atoms with Crippen LogP contribution in [0.5, 0.6) is 5.75 Å². The number of primary amides is 1. The lowest BCUT2D eigenvalue weighted by atomic mass is 9.58. The minimum atomic E-state index is -2.67. The van der Waals surface area contributed by atoms with Crippen LogP contribution in [0, 0.1) is 11.8 Å². The predicted octanol–water partition coefficient (Wildman–Crippen LogP) is 2.45. The first-order valence-corrected chi connectivity index (χ1v) is 15.3. The summed E-state index contributed by atoms with van der Waals surface area (Å²) >= 11 is 0. The number of Topliss-reactive ketones (excluding diaryl/α,β-unsaturated/α-hetero) is 2. The monoisotopic (exact) mass is 616 g/mol. The first kappa shape index (κ1) is 30.8. The van der Waals surface area contributed by atoms with E-state index in [0.717, 1.165) is 25.2 Å². The Morgan fingerprint density at radius 1 is 1.04 bits per heavy atom. The molecule has 238 valence electrons. The van der Waals surface area contributed by atoms with Crippen LogP contribution in [-0.2, 0) is 22.6 Å². The van der Waals surface area contributed by atoms with Crippen molar-refractivity contribution in [2.45, 2.75) is 43.9 Å². The van der Waals surface area contributed by atoms with Crippen LogP contribution in [0.4, 0.5) is 5.69 Å². The van der Waals surface area contributed by atoms with Crippen LogP contribution < -0.4 is 10.6 Å². The average Bonchev–Trinajstić information content (AvgIpc) is 3.48. The third kappa shape index (κ3) is 4.63. The topological polar surface area (TPSA) is 168 Å². The van der Waals surface area contributed by atoms with Gasteiger partial charge in [-0.2, -0.15) is 0 Å². The number of rotatable bonds is 6. The molecule has 1 aliphatic heterocycles. The third-order valence-corrected chi connectivity index (χ3v) is 10.1. The highest BCUT2D eigenvalue weighted by Gasteiger charge is 2.63. The van der Waals surface area contributed by atoms with Crippen molar-refractivity contribution in [2.75, 3.05) is 46.2 Å². The number of anilines is 1. The summed E-state index contributed by atoms with van der Waals surface area (Å²) in [6, 6.07) is 8.68. The molecule has 4 atom stereocenters. The minimum absolute atomic E-state index is 0.00174. The Balaban J connectivity index is 1.47. The first-order valence-electron chi connectivity index (χ1n) is 15.3. The molecule has 0 unspecified atom stereocenters. The molecule has 0 spiro atoms. The molecule has 0 aromatic heterocycles. The van der Waals surface area contributed by atoms with Gasteiger partial charge in [-0.15, -0.1) is 0 Å². The normalized spacial score (nSPS) is 26.7. The Hall–Kier alpha value is -4.19. The lowest BCUT2D eigenvalue weighted by molar-refractivity contribution is -0.148. The summed E-state index contributed by atoms with van der Waals surface area (Å²) in [5.74, 6) is -6.62. The van der Waals surface area contributed by atoms with Gasteiger partial charge in [0.25, 0.3) is 5.91 Å². The van der Waals surface area contributed by atoms with Crippen LogP contribution in [0.25, 0.3) is 11.1 Å². The van der Waals surface area contributed by atoms with E-state index in [-0.39, 0.29) is 29.7 Å². The standard InChI is InChI=1S/C34H40N4O7/c1-36(2)23-15-20(18-9-7-17(8-10-18)16-38-11-5-6-12-38)28(39)25-21(23)13-19-14-22-27(37(3)4)30(41)26(33(35)44)32(43)34(22,45)31(42)24(19)29(25)40/h7-10,15,19,22,27,39,41-42,45H,5-6,11-14,16H2,1-4H3,(H2,35,44)/t19-,22-,27+,34-/m0/s1. The number of likely N-dealkylation sites (tertiary alicyclic amines) is 1. The SMILES string of the molecule is CN(C)c1cc(-c2ccc(CN3CCCC3)cc2)c(O)c2c1C[C@H]1C[C@H]3[C@@H](N(C)C)C(O)=C(C(N)=O)C(=O)[C@@]3(O)C(O)=C1C2=O. The Kier molecular flexibility index (Phi) is 7.54. The zero-order valence-corrected chi connectivity index (χ0v) is 26.0. The smallest absolute Gasteiger partial charge is 0.255 e. The maximum atomic E-state index is 14.3. The molecule has 2 aromatic carbocycles. The first-order chi connectivity index (χ1) is 21.3. The molecule has 1 heterocycles. The van der Waals surface area contributed by atoms with Crippen LogP contribution in [0.3, 0.4) is 0 Å². The number of fused-ring (bicyclic) bond motifs is 3. The number of amides is 1. The van der Waals surface area contributed by atoms with E-state index in [1.165, 1.54) is 17.7 Å². The summed E-state index contributed by atoms with van der Waals surface area (Å²) in [4.78, 5) is 45.9. The van der Waals surface area contributed by atoms with Gasteiger partial charge in [0.15, 0.2) is 11.4 Å². The highest BCUT2D eigenvalue weighted by molar-refractivity contribution is 6.25. The molecular formula is C34H40N4O7. The molecule has 11 heteroatoms. The van der Waals surface area contributed by atoms with Crippen molar-refractivity contribution >= 4 is 23.2 Å². The number of nitrogens with two attached hydrogens (primary N) is 1. The quantitative estimate of drug-likeness (QED) is 0.304. The number of likely N-dealkylation sites (N-methyl/N-ethyl adjacent to an activating group) is 1. The van der Waals surface area contributed by atoms with Crippen molar-refractivity contribution in [1.29, 1.82) is 0 Å². The summed E-state index contributed by atoms with van der Waals surface area (Å²) in [5.41, 5.74) is 5.36. The Labute approximate surface area is 261 Å². The van der Waals surface area contributed by atoms with Gasteiger partial charge in [-0.1, -0.05) is 24.3 Å². The van der Waals surface area contributed by atoms with Gasteiger partial charge in [0.05, 0.1) is 11.6 Å². The summed E-state index contributed by atoms with van der Waals surface area (Å²) in [6.07, 6.45) is 2.66. The lowest BCUT2D eigenvalue weighted by Crippen LogP contribution is -2.63. The molecule has 6 N–H and O–H groups in total. The van der Waals surface area contributed by atoms with Gasteiger partial charge >= 0.3 is 0 Å². The van der Waals surface area contributed by atoms with Gasteiger partial charge in [-0.05, 0) is 81.5 Å². The van der Waals surface area contributed by atoms with Crippen LogP contribution in [0.1, 0.15) is 40.7 Å². The number of benzene rings is 2. The molecule has 6 rings (SSSR count). The minimum Gasteiger partial charge on any atom is -0.510 e. The lowest BCUT2D eigenvalue weighted by Gasteiger charge is -2.50. The van der Waals surface area contributed by atoms with E-state index in [1.807, 2.05) is 49.3 Å². The predicted molar refractivity (Wildman–Crippen MR) is 168 cm³/mol. The number of hydrogen-bond donors (Lipinski definition) is 5. The summed E-state index contributed by atoms with van der Waals surface area (Å²) in [7, 11) is 6.91. The number of carbonyl (C=O) groups excluding carboxylic acids is 3. The van der Waals surface area contributed by atoms with E-state index in [2.05, 4.69) is 4.90 Å². The van der Waals surface area contributed by atoms with Gasteiger partial charge in [0, 0.05) is 43.4 Å². The molecule has 2 aromatic rings. The fraction of sp³-hybridized carbons (Fsp3) is 0.441. The third-order valence-electron chi connectivity index (χ3n) is 10.1. The van der Waals surface area contributed by atoms with Crippen molar-refractivity contribution in [3.8, 4) is 16.9 Å².